The first-order chi connectivity index (χ1) is 9.22. The van der Waals surface area contributed by atoms with Gasteiger partial charge in [-0.05, 0) is 29.7 Å². The fourth-order valence-corrected chi connectivity index (χ4v) is 2.32. The highest BCUT2D eigenvalue weighted by Gasteiger charge is 2.06. The summed E-state index contributed by atoms with van der Waals surface area (Å²) in [5.41, 5.74) is 0. The maximum absolute atomic E-state index is 13.3. The van der Waals surface area contributed by atoms with Gasteiger partial charge < -0.3 is 4.74 Å². The Balaban J connectivity index is 2.05. The van der Waals surface area contributed by atoms with E-state index in [-0.39, 0.29) is 5.82 Å². The van der Waals surface area contributed by atoms with Gasteiger partial charge in [0.1, 0.15) is 11.6 Å². The maximum Gasteiger partial charge on any atom is 0.227 e. The fourth-order valence-electron chi connectivity index (χ4n) is 1.87. The van der Waals surface area contributed by atoms with Gasteiger partial charge in [0.05, 0.1) is 0 Å². The van der Waals surface area contributed by atoms with Crippen molar-refractivity contribution in [3.05, 3.63) is 65.0 Å². The summed E-state index contributed by atoms with van der Waals surface area (Å²) in [7, 11) is 0. The van der Waals surface area contributed by atoms with Crippen molar-refractivity contribution in [3.8, 4) is 11.6 Å². The summed E-state index contributed by atoms with van der Waals surface area (Å²) in [6, 6.07) is 14.1. The second-order valence-corrected chi connectivity index (χ2v) is 4.96. The molecule has 1 heterocycles. The summed E-state index contributed by atoms with van der Waals surface area (Å²) < 4.78 is 19.6. The molecule has 2 aromatic carbocycles. The van der Waals surface area contributed by atoms with Gasteiger partial charge in [-0.3, -0.25) is 0 Å². The number of pyridine rings is 1. The molecule has 3 rings (SSSR count). The third-order valence-electron chi connectivity index (χ3n) is 2.69. The molecular weight excluding hydrogens is 309 g/mol. The molecular formula is C15H9BrFNO. The van der Waals surface area contributed by atoms with Gasteiger partial charge in [-0.1, -0.05) is 34.1 Å². The molecule has 0 aliphatic carbocycles. The predicted octanol–water partition coefficient (Wildman–Crippen LogP) is 4.93. The number of benzene rings is 2. The van der Waals surface area contributed by atoms with Gasteiger partial charge in [-0.2, -0.15) is 0 Å². The fraction of sp³-hybridized carbons (Fsp3) is 0. The van der Waals surface area contributed by atoms with Gasteiger partial charge in [0.15, 0.2) is 0 Å². The van der Waals surface area contributed by atoms with E-state index < -0.39 is 0 Å². The topological polar surface area (TPSA) is 22.1 Å². The molecule has 0 atom stereocenters. The smallest absolute Gasteiger partial charge is 0.227 e. The lowest BCUT2D eigenvalue weighted by Gasteiger charge is -2.08. The van der Waals surface area contributed by atoms with E-state index in [1.807, 2.05) is 30.3 Å². The van der Waals surface area contributed by atoms with Crippen LogP contribution in [0.1, 0.15) is 0 Å². The van der Waals surface area contributed by atoms with Gasteiger partial charge in [0.25, 0.3) is 0 Å². The summed E-state index contributed by atoms with van der Waals surface area (Å²) >= 11 is 3.24. The number of hydrogen-bond donors (Lipinski definition) is 0. The zero-order valence-electron chi connectivity index (χ0n) is 9.81. The summed E-state index contributed by atoms with van der Waals surface area (Å²) in [6.07, 6.45) is 1.67. The van der Waals surface area contributed by atoms with E-state index in [4.69, 9.17) is 4.74 Å². The zero-order chi connectivity index (χ0) is 13.2. The summed E-state index contributed by atoms with van der Waals surface area (Å²) in [5.74, 6) is 0.524. The van der Waals surface area contributed by atoms with Crippen molar-refractivity contribution in [1.82, 2.24) is 4.98 Å². The predicted molar refractivity (Wildman–Crippen MR) is 75.9 cm³/mol. The molecule has 0 saturated heterocycles. The van der Waals surface area contributed by atoms with E-state index >= 15 is 0 Å². The first kappa shape index (κ1) is 12.1. The molecule has 1 aromatic heterocycles. The normalized spacial score (nSPS) is 10.6. The number of nitrogens with zero attached hydrogens (tertiary/aromatic N) is 1. The van der Waals surface area contributed by atoms with Crippen molar-refractivity contribution in [2.45, 2.75) is 0 Å². The second kappa shape index (κ2) is 4.97. The van der Waals surface area contributed by atoms with E-state index in [9.17, 15) is 4.39 Å². The molecule has 0 saturated carbocycles. The van der Waals surface area contributed by atoms with Gasteiger partial charge in [-0.25, -0.2) is 9.37 Å². The number of fused-ring (bicyclic) bond motifs is 1. The van der Waals surface area contributed by atoms with E-state index in [2.05, 4.69) is 20.9 Å². The van der Waals surface area contributed by atoms with Crippen LogP contribution in [0.25, 0.3) is 10.8 Å². The quantitative estimate of drug-likeness (QED) is 0.668. The van der Waals surface area contributed by atoms with Crippen molar-refractivity contribution < 1.29 is 9.13 Å². The molecule has 94 valence electrons. The van der Waals surface area contributed by atoms with Crippen LogP contribution in [0.15, 0.2) is 59.2 Å². The first-order valence-electron chi connectivity index (χ1n) is 5.70. The number of halogens is 2. The molecule has 0 N–H and O–H groups in total. The molecule has 0 aliphatic rings. The average Bonchev–Trinajstić information content (AvgIpc) is 2.38. The monoisotopic (exact) mass is 317 g/mol. The Bertz CT molecular complexity index is 720. The molecule has 0 amide bonds. The van der Waals surface area contributed by atoms with E-state index in [0.717, 1.165) is 10.8 Å². The van der Waals surface area contributed by atoms with E-state index in [1.54, 1.807) is 12.3 Å². The molecule has 0 spiro atoms. The highest BCUT2D eigenvalue weighted by atomic mass is 79.9. The van der Waals surface area contributed by atoms with Crippen molar-refractivity contribution in [2.75, 3.05) is 0 Å². The third kappa shape index (κ3) is 2.58. The standard InChI is InChI=1S/C15H9BrFNO/c16-11-7-12(17)9-13(8-11)19-15-14-4-2-1-3-10(14)5-6-18-15/h1-9H. The molecule has 0 fully saturated rings. The molecule has 0 bridgehead atoms. The lowest BCUT2D eigenvalue weighted by molar-refractivity contribution is 0.463. The lowest BCUT2D eigenvalue weighted by atomic mass is 10.2. The Labute approximate surface area is 118 Å². The summed E-state index contributed by atoms with van der Waals surface area (Å²) in [4.78, 5) is 4.20. The van der Waals surface area contributed by atoms with Crippen molar-refractivity contribution in [1.29, 1.82) is 0 Å². The van der Waals surface area contributed by atoms with E-state index in [1.165, 1.54) is 12.1 Å². The minimum absolute atomic E-state index is 0.357. The number of rotatable bonds is 2. The Morgan fingerprint density at radius 1 is 1.05 bits per heavy atom. The molecule has 0 unspecified atom stereocenters. The van der Waals surface area contributed by atoms with Gasteiger partial charge in [0, 0.05) is 22.1 Å². The average molecular weight is 318 g/mol. The number of hydrogen-bond acceptors (Lipinski definition) is 2. The van der Waals surface area contributed by atoms with Crippen LogP contribution >= 0.6 is 15.9 Å². The van der Waals surface area contributed by atoms with Crippen molar-refractivity contribution in [3.63, 3.8) is 0 Å². The van der Waals surface area contributed by atoms with Crippen LogP contribution in [0.3, 0.4) is 0 Å². The Hall–Kier alpha value is -1.94. The highest BCUT2D eigenvalue weighted by molar-refractivity contribution is 9.10. The molecule has 2 nitrogen and oxygen atoms in total. The Kier molecular flexibility index (Phi) is 3.17. The number of ether oxygens (including phenoxy) is 1. The van der Waals surface area contributed by atoms with Crippen molar-refractivity contribution in [2.24, 2.45) is 0 Å². The molecule has 3 aromatic rings. The van der Waals surface area contributed by atoms with Crippen LogP contribution < -0.4 is 4.74 Å². The minimum Gasteiger partial charge on any atom is -0.438 e. The van der Waals surface area contributed by atoms with Gasteiger partial charge in [-0.15, -0.1) is 0 Å². The van der Waals surface area contributed by atoms with E-state index in [0.29, 0.717) is 16.1 Å². The van der Waals surface area contributed by atoms with Crippen LogP contribution in [-0.2, 0) is 0 Å². The molecule has 0 radical (unpaired) electrons. The van der Waals surface area contributed by atoms with Gasteiger partial charge in [0.2, 0.25) is 5.88 Å². The summed E-state index contributed by atoms with van der Waals surface area (Å²) in [6.45, 7) is 0. The van der Waals surface area contributed by atoms with Crippen LogP contribution in [0.2, 0.25) is 0 Å². The Morgan fingerprint density at radius 2 is 1.89 bits per heavy atom. The van der Waals surface area contributed by atoms with Crippen LogP contribution in [0, 0.1) is 5.82 Å². The summed E-state index contributed by atoms with van der Waals surface area (Å²) in [5, 5.41) is 1.92. The highest BCUT2D eigenvalue weighted by Crippen LogP contribution is 2.29. The zero-order valence-corrected chi connectivity index (χ0v) is 11.4. The SMILES string of the molecule is Fc1cc(Br)cc(Oc2nccc3ccccc23)c1. The van der Waals surface area contributed by atoms with Crippen LogP contribution in [-0.4, -0.2) is 4.98 Å². The second-order valence-electron chi connectivity index (χ2n) is 4.04. The minimum atomic E-state index is -0.357. The third-order valence-corrected chi connectivity index (χ3v) is 3.15. The molecule has 19 heavy (non-hydrogen) atoms. The lowest BCUT2D eigenvalue weighted by Crippen LogP contribution is -1.90. The van der Waals surface area contributed by atoms with Crippen LogP contribution in [0.4, 0.5) is 4.39 Å². The molecule has 0 aliphatic heterocycles. The largest absolute Gasteiger partial charge is 0.438 e. The number of aromatic nitrogens is 1. The first-order valence-corrected chi connectivity index (χ1v) is 6.49. The van der Waals surface area contributed by atoms with Crippen molar-refractivity contribution >= 4 is 26.7 Å². The van der Waals surface area contributed by atoms with Crippen LogP contribution in [0.5, 0.6) is 11.6 Å². The maximum atomic E-state index is 13.3. The molecule has 4 heteroatoms. The van der Waals surface area contributed by atoms with Gasteiger partial charge >= 0.3 is 0 Å². The Morgan fingerprint density at radius 3 is 2.74 bits per heavy atom.